The van der Waals surface area contributed by atoms with Crippen LogP contribution >= 0.6 is 0 Å². The van der Waals surface area contributed by atoms with Crippen molar-refractivity contribution in [3.8, 4) is 0 Å². The van der Waals surface area contributed by atoms with Gasteiger partial charge in [0.1, 0.15) is 11.7 Å². The van der Waals surface area contributed by atoms with E-state index < -0.39 is 30.3 Å². The summed E-state index contributed by atoms with van der Waals surface area (Å²) in [4.78, 5) is 33.9. The van der Waals surface area contributed by atoms with Crippen LogP contribution in [-0.2, 0) is 28.6 Å². The fourth-order valence-electron chi connectivity index (χ4n) is 2.47. The normalized spacial score (nSPS) is 32.4. The fourth-order valence-corrected chi connectivity index (χ4v) is 2.47. The maximum Gasteiger partial charge on any atom is 0.344 e. The topological polar surface area (TPSA) is 78.9 Å². The van der Waals surface area contributed by atoms with Gasteiger partial charge in [0, 0.05) is 12.5 Å². The SMILES string of the molecule is C=CC(=O)OCC(=O)OC1(C)CCC2CC1OC2=O. The molecular weight excluding hydrogens is 252 g/mol. The number of hydrogen-bond donors (Lipinski definition) is 0. The second kappa shape index (κ2) is 5.03. The van der Waals surface area contributed by atoms with Crippen LogP contribution in [0.2, 0.25) is 0 Å². The van der Waals surface area contributed by atoms with E-state index in [2.05, 4.69) is 11.3 Å². The van der Waals surface area contributed by atoms with Crippen molar-refractivity contribution in [2.24, 2.45) is 5.92 Å². The monoisotopic (exact) mass is 268 g/mol. The summed E-state index contributed by atoms with van der Waals surface area (Å²) in [6, 6.07) is 0. The van der Waals surface area contributed by atoms with Crippen molar-refractivity contribution in [1.29, 1.82) is 0 Å². The third kappa shape index (κ3) is 2.77. The molecule has 1 heterocycles. The first-order chi connectivity index (χ1) is 8.94. The van der Waals surface area contributed by atoms with Crippen LogP contribution in [0.4, 0.5) is 0 Å². The molecule has 0 aromatic rings. The Kier molecular flexibility index (Phi) is 3.59. The van der Waals surface area contributed by atoms with Gasteiger partial charge < -0.3 is 14.2 Å². The molecule has 0 radical (unpaired) electrons. The Balaban J connectivity index is 1.91. The van der Waals surface area contributed by atoms with Gasteiger partial charge in [-0.05, 0) is 19.8 Å². The van der Waals surface area contributed by atoms with Gasteiger partial charge in [-0.3, -0.25) is 4.79 Å². The minimum Gasteiger partial charge on any atom is -0.458 e. The third-order valence-corrected chi connectivity index (χ3v) is 3.61. The highest BCUT2D eigenvalue weighted by atomic mass is 16.6. The molecule has 1 saturated heterocycles. The van der Waals surface area contributed by atoms with Crippen LogP contribution in [0.1, 0.15) is 26.2 Å². The molecule has 3 unspecified atom stereocenters. The van der Waals surface area contributed by atoms with Crippen LogP contribution in [0.5, 0.6) is 0 Å². The summed E-state index contributed by atoms with van der Waals surface area (Å²) in [7, 11) is 0. The van der Waals surface area contributed by atoms with Crippen LogP contribution in [0.25, 0.3) is 0 Å². The lowest BCUT2D eigenvalue weighted by Gasteiger charge is -2.36. The van der Waals surface area contributed by atoms with Crippen molar-refractivity contribution in [2.75, 3.05) is 6.61 Å². The van der Waals surface area contributed by atoms with Crippen LogP contribution in [0.3, 0.4) is 0 Å². The van der Waals surface area contributed by atoms with E-state index >= 15 is 0 Å². The van der Waals surface area contributed by atoms with Crippen molar-refractivity contribution in [1.82, 2.24) is 0 Å². The average Bonchev–Trinajstić information content (AvgIpc) is 2.70. The fraction of sp³-hybridized carbons (Fsp3) is 0.615. The van der Waals surface area contributed by atoms with Crippen molar-refractivity contribution >= 4 is 17.9 Å². The summed E-state index contributed by atoms with van der Waals surface area (Å²) in [5.74, 6) is -1.63. The highest BCUT2D eigenvalue weighted by molar-refractivity contribution is 5.83. The van der Waals surface area contributed by atoms with Gasteiger partial charge in [0.15, 0.2) is 6.61 Å². The van der Waals surface area contributed by atoms with Gasteiger partial charge in [0.05, 0.1) is 5.92 Å². The van der Waals surface area contributed by atoms with E-state index in [1.807, 2.05) is 0 Å². The zero-order chi connectivity index (χ0) is 14.0. The molecular formula is C13H16O6. The number of hydrogen-bond acceptors (Lipinski definition) is 6. The minimum absolute atomic E-state index is 0.0737. The molecule has 0 amide bonds. The Morgan fingerprint density at radius 1 is 1.58 bits per heavy atom. The summed E-state index contributed by atoms with van der Waals surface area (Å²) >= 11 is 0. The first-order valence-corrected chi connectivity index (χ1v) is 6.16. The van der Waals surface area contributed by atoms with E-state index in [1.54, 1.807) is 6.92 Å². The highest BCUT2D eigenvalue weighted by Gasteiger charge is 2.52. The Bertz CT molecular complexity index is 429. The maximum atomic E-state index is 11.6. The van der Waals surface area contributed by atoms with E-state index in [4.69, 9.17) is 9.47 Å². The first-order valence-electron chi connectivity index (χ1n) is 6.16. The van der Waals surface area contributed by atoms with Crippen LogP contribution in [-0.4, -0.2) is 36.2 Å². The Morgan fingerprint density at radius 3 is 3.00 bits per heavy atom. The van der Waals surface area contributed by atoms with Crippen molar-refractivity contribution < 1.29 is 28.6 Å². The molecule has 2 bridgehead atoms. The molecule has 0 N–H and O–H groups in total. The maximum absolute atomic E-state index is 11.6. The summed E-state index contributed by atoms with van der Waals surface area (Å²) in [5, 5.41) is 0. The second-order valence-electron chi connectivity index (χ2n) is 5.00. The third-order valence-electron chi connectivity index (χ3n) is 3.61. The number of rotatable bonds is 4. The lowest BCUT2D eigenvalue weighted by atomic mass is 9.80. The number of carbonyl (C=O) groups excluding carboxylic acids is 3. The summed E-state index contributed by atoms with van der Waals surface area (Å²) in [5.41, 5.74) is -0.833. The molecule has 6 nitrogen and oxygen atoms in total. The first kappa shape index (κ1) is 13.6. The van der Waals surface area contributed by atoms with Crippen molar-refractivity contribution in [2.45, 2.75) is 37.9 Å². The van der Waals surface area contributed by atoms with E-state index in [9.17, 15) is 14.4 Å². The predicted molar refractivity (Wildman–Crippen MR) is 62.9 cm³/mol. The quantitative estimate of drug-likeness (QED) is 0.425. The van der Waals surface area contributed by atoms with Gasteiger partial charge in [0.2, 0.25) is 0 Å². The van der Waals surface area contributed by atoms with Gasteiger partial charge in [-0.1, -0.05) is 6.58 Å². The molecule has 0 aromatic heterocycles. The van der Waals surface area contributed by atoms with Gasteiger partial charge in [-0.25, -0.2) is 9.59 Å². The molecule has 19 heavy (non-hydrogen) atoms. The van der Waals surface area contributed by atoms with Crippen molar-refractivity contribution in [3.05, 3.63) is 12.7 Å². The lowest BCUT2D eigenvalue weighted by molar-refractivity contribution is -0.182. The van der Waals surface area contributed by atoms with Crippen LogP contribution in [0.15, 0.2) is 12.7 Å². The molecule has 1 aliphatic heterocycles. The molecule has 2 aliphatic rings. The molecule has 3 atom stereocenters. The van der Waals surface area contributed by atoms with Crippen molar-refractivity contribution in [3.63, 3.8) is 0 Å². The van der Waals surface area contributed by atoms with E-state index in [0.717, 1.165) is 6.08 Å². The van der Waals surface area contributed by atoms with Gasteiger partial charge >= 0.3 is 17.9 Å². The number of esters is 3. The lowest BCUT2D eigenvalue weighted by Crippen LogP contribution is -2.46. The largest absolute Gasteiger partial charge is 0.458 e. The summed E-state index contributed by atoms with van der Waals surface area (Å²) in [6.45, 7) is 4.49. The van der Waals surface area contributed by atoms with Gasteiger partial charge in [-0.15, -0.1) is 0 Å². The number of ether oxygens (including phenoxy) is 3. The van der Waals surface area contributed by atoms with E-state index in [0.29, 0.717) is 19.3 Å². The average molecular weight is 268 g/mol. The zero-order valence-corrected chi connectivity index (χ0v) is 10.7. The van der Waals surface area contributed by atoms with Crippen LogP contribution in [0, 0.1) is 5.92 Å². The van der Waals surface area contributed by atoms with E-state index in [1.165, 1.54) is 0 Å². The number of fused-ring (bicyclic) bond motifs is 2. The summed E-state index contributed by atoms with van der Waals surface area (Å²) in [6.07, 6.45) is 2.35. The Labute approximate surface area is 110 Å². The minimum atomic E-state index is -0.833. The molecule has 2 rings (SSSR count). The standard InChI is InChI=1S/C13H16O6/c1-3-10(14)17-7-11(15)19-13(2)5-4-8-6-9(13)18-12(8)16/h3,8-9H,1,4-7H2,2H3. The predicted octanol–water partition coefficient (Wildman–Crippen LogP) is 0.743. The molecule has 0 spiro atoms. The highest BCUT2D eigenvalue weighted by Crippen LogP contribution is 2.42. The molecule has 0 aromatic carbocycles. The molecule has 6 heteroatoms. The molecule has 1 saturated carbocycles. The number of carbonyl (C=O) groups is 3. The van der Waals surface area contributed by atoms with Crippen LogP contribution < -0.4 is 0 Å². The van der Waals surface area contributed by atoms with Gasteiger partial charge in [-0.2, -0.15) is 0 Å². The van der Waals surface area contributed by atoms with E-state index in [-0.39, 0.29) is 11.9 Å². The molecule has 1 aliphatic carbocycles. The smallest absolute Gasteiger partial charge is 0.344 e. The Morgan fingerprint density at radius 2 is 2.32 bits per heavy atom. The zero-order valence-electron chi connectivity index (χ0n) is 10.7. The molecule has 2 fully saturated rings. The Hall–Kier alpha value is -1.85. The summed E-state index contributed by atoms with van der Waals surface area (Å²) < 4.78 is 15.1. The molecule has 104 valence electrons. The second-order valence-corrected chi connectivity index (χ2v) is 5.00. The van der Waals surface area contributed by atoms with Gasteiger partial charge in [0.25, 0.3) is 0 Å².